The number of ether oxygens (including phenoxy) is 4. The molecule has 1 aliphatic carbocycles. The van der Waals surface area contributed by atoms with E-state index < -0.39 is 0 Å². The minimum Gasteiger partial charge on any atom is -0.493 e. The lowest BCUT2D eigenvalue weighted by atomic mass is 10.2. The zero-order valence-electron chi connectivity index (χ0n) is 12.9. The highest BCUT2D eigenvalue weighted by Gasteiger charge is 2.21. The van der Waals surface area contributed by atoms with Crippen molar-refractivity contribution < 1.29 is 18.9 Å². The third-order valence-electron chi connectivity index (χ3n) is 3.34. The molecule has 0 atom stereocenters. The number of para-hydroxylation sites is 1. The molecule has 0 saturated heterocycles. The first-order valence-corrected chi connectivity index (χ1v) is 7.44. The molecule has 5 heteroatoms. The molecule has 1 aliphatic rings. The molecule has 1 fully saturated rings. The van der Waals surface area contributed by atoms with Crippen LogP contribution in [0, 0.1) is 0 Å². The van der Waals surface area contributed by atoms with Gasteiger partial charge in [-0.3, -0.25) is 0 Å². The van der Waals surface area contributed by atoms with E-state index >= 15 is 0 Å². The van der Waals surface area contributed by atoms with Gasteiger partial charge in [-0.2, -0.15) is 0 Å². The summed E-state index contributed by atoms with van der Waals surface area (Å²) in [5.74, 6) is 1.57. The number of hydrogen-bond donors (Lipinski definition) is 1. The second kappa shape index (κ2) is 8.87. The summed E-state index contributed by atoms with van der Waals surface area (Å²) in [4.78, 5) is 0. The van der Waals surface area contributed by atoms with Crippen molar-refractivity contribution in [2.24, 2.45) is 0 Å². The fraction of sp³-hybridized carbons (Fsp3) is 0.625. The lowest BCUT2D eigenvalue weighted by molar-refractivity contribution is 0.0538. The Bertz CT molecular complexity index is 421. The molecule has 0 aromatic heterocycles. The van der Waals surface area contributed by atoms with E-state index in [2.05, 4.69) is 11.4 Å². The molecule has 21 heavy (non-hydrogen) atoms. The summed E-state index contributed by atoms with van der Waals surface area (Å²) in [5, 5.41) is 3.50. The van der Waals surface area contributed by atoms with Crippen LogP contribution in [-0.4, -0.2) is 46.7 Å². The zero-order chi connectivity index (χ0) is 14.9. The molecular formula is C16H25NO4. The van der Waals surface area contributed by atoms with Crippen molar-refractivity contribution in [1.82, 2.24) is 5.32 Å². The van der Waals surface area contributed by atoms with Crippen molar-refractivity contribution in [2.45, 2.75) is 25.4 Å². The highest BCUT2D eigenvalue weighted by atomic mass is 16.5. The molecule has 0 spiro atoms. The highest BCUT2D eigenvalue weighted by molar-refractivity contribution is 5.46. The molecule has 1 aromatic carbocycles. The SMILES string of the molecule is COCCOCCOc1c(CNC2CC2)cccc1OC. The van der Waals surface area contributed by atoms with Gasteiger partial charge in [0.25, 0.3) is 0 Å². The molecule has 0 amide bonds. The minimum atomic E-state index is 0.501. The molecular weight excluding hydrogens is 270 g/mol. The molecule has 0 bridgehead atoms. The summed E-state index contributed by atoms with van der Waals surface area (Å²) in [6.45, 7) is 3.03. The summed E-state index contributed by atoms with van der Waals surface area (Å²) in [7, 11) is 3.32. The molecule has 0 radical (unpaired) electrons. The summed E-state index contributed by atoms with van der Waals surface area (Å²) in [5.41, 5.74) is 1.12. The fourth-order valence-electron chi connectivity index (χ4n) is 2.01. The normalized spacial score (nSPS) is 14.2. The van der Waals surface area contributed by atoms with Crippen LogP contribution in [0.4, 0.5) is 0 Å². The monoisotopic (exact) mass is 295 g/mol. The molecule has 0 aliphatic heterocycles. The van der Waals surface area contributed by atoms with E-state index in [0.717, 1.165) is 23.6 Å². The van der Waals surface area contributed by atoms with Gasteiger partial charge < -0.3 is 24.3 Å². The van der Waals surface area contributed by atoms with Gasteiger partial charge in [0, 0.05) is 25.3 Å². The van der Waals surface area contributed by atoms with Crippen molar-refractivity contribution in [2.75, 3.05) is 40.6 Å². The molecule has 1 saturated carbocycles. The summed E-state index contributed by atoms with van der Waals surface area (Å²) >= 11 is 0. The van der Waals surface area contributed by atoms with Crippen LogP contribution < -0.4 is 14.8 Å². The van der Waals surface area contributed by atoms with Gasteiger partial charge in [0.1, 0.15) is 6.61 Å². The van der Waals surface area contributed by atoms with Crippen LogP contribution in [0.15, 0.2) is 18.2 Å². The first-order chi connectivity index (χ1) is 10.3. The Labute approximate surface area is 126 Å². The van der Waals surface area contributed by atoms with Gasteiger partial charge in [0.2, 0.25) is 0 Å². The van der Waals surface area contributed by atoms with Crippen LogP contribution >= 0.6 is 0 Å². The van der Waals surface area contributed by atoms with Crippen LogP contribution in [-0.2, 0) is 16.0 Å². The second-order valence-electron chi connectivity index (χ2n) is 5.06. The Morgan fingerprint density at radius 3 is 2.62 bits per heavy atom. The molecule has 2 rings (SSSR count). The van der Waals surface area contributed by atoms with Crippen LogP contribution in [0.1, 0.15) is 18.4 Å². The lowest BCUT2D eigenvalue weighted by Crippen LogP contribution is -2.17. The average Bonchev–Trinajstić information content (AvgIpc) is 3.33. The number of rotatable bonds is 11. The van der Waals surface area contributed by atoms with E-state index in [0.29, 0.717) is 32.5 Å². The molecule has 118 valence electrons. The van der Waals surface area contributed by atoms with E-state index in [1.54, 1.807) is 14.2 Å². The smallest absolute Gasteiger partial charge is 0.165 e. The van der Waals surface area contributed by atoms with Crippen LogP contribution in [0.5, 0.6) is 11.5 Å². The summed E-state index contributed by atoms with van der Waals surface area (Å²) < 4.78 is 21.6. The van der Waals surface area contributed by atoms with E-state index in [-0.39, 0.29) is 0 Å². The van der Waals surface area contributed by atoms with Gasteiger partial charge >= 0.3 is 0 Å². The van der Waals surface area contributed by atoms with Crippen molar-refractivity contribution in [3.05, 3.63) is 23.8 Å². The molecule has 0 heterocycles. The largest absolute Gasteiger partial charge is 0.493 e. The van der Waals surface area contributed by atoms with Crippen molar-refractivity contribution in [3.63, 3.8) is 0 Å². The molecule has 5 nitrogen and oxygen atoms in total. The zero-order valence-corrected chi connectivity index (χ0v) is 12.9. The van der Waals surface area contributed by atoms with Gasteiger partial charge in [0.15, 0.2) is 11.5 Å². The predicted octanol–water partition coefficient (Wildman–Crippen LogP) is 1.99. The van der Waals surface area contributed by atoms with Crippen molar-refractivity contribution in [1.29, 1.82) is 0 Å². The Balaban J connectivity index is 1.84. The van der Waals surface area contributed by atoms with Crippen molar-refractivity contribution in [3.8, 4) is 11.5 Å². The maximum absolute atomic E-state index is 5.86. The third-order valence-corrected chi connectivity index (χ3v) is 3.34. The number of nitrogens with one attached hydrogen (secondary N) is 1. The first kappa shape index (κ1) is 16.1. The van der Waals surface area contributed by atoms with Gasteiger partial charge in [-0.1, -0.05) is 12.1 Å². The number of benzene rings is 1. The lowest BCUT2D eigenvalue weighted by Gasteiger charge is -2.15. The third kappa shape index (κ3) is 5.53. The Morgan fingerprint density at radius 1 is 1.10 bits per heavy atom. The predicted molar refractivity (Wildman–Crippen MR) is 81.0 cm³/mol. The van der Waals surface area contributed by atoms with Gasteiger partial charge in [-0.25, -0.2) is 0 Å². The standard InChI is InChI=1S/C16H25NO4/c1-18-8-9-20-10-11-21-16-13(12-17-14-6-7-14)4-3-5-15(16)19-2/h3-5,14,17H,6-12H2,1-2H3. The van der Waals surface area contributed by atoms with Gasteiger partial charge in [0.05, 0.1) is 26.9 Å². The van der Waals surface area contributed by atoms with E-state index in [1.165, 1.54) is 12.8 Å². The van der Waals surface area contributed by atoms with E-state index in [9.17, 15) is 0 Å². The maximum atomic E-state index is 5.86. The summed E-state index contributed by atoms with van der Waals surface area (Å²) in [6.07, 6.45) is 2.54. The number of hydrogen-bond acceptors (Lipinski definition) is 5. The molecule has 1 N–H and O–H groups in total. The number of methoxy groups -OCH3 is 2. The molecule has 0 unspecified atom stereocenters. The van der Waals surface area contributed by atoms with E-state index in [4.69, 9.17) is 18.9 Å². The average molecular weight is 295 g/mol. The van der Waals surface area contributed by atoms with Gasteiger partial charge in [-0.15, -0.1) is 0 Å². The first-order valence-electron chi connectivity index (χ1n) is 7.44. The Kier molecular flexibility index (Phi) is 6.79. The Hall–Kier alpha value is -1.30. The van der Waals surface area contributed by atoms with Crippen molar-refractivity contribution >= 4 is 0 Å². The fourth-order valence-corrected chi connectivity index (χ4v) is 2.01. The second-order valence-corrected chi connectivity index (χ2v) is 5.06. The van der Waals surface area contributed by atoms with Gasteiger partial charge in [-0.05, 0) is 18.9 Å². The summed E-state index contributed by atoms with van der Waals surface area (Å²) in [6, 6.07) is 6.65. The van der Waals surface area contributed by atoms with Crippen LogP contribution in [0.3, 0.4) is 0 Å². The Morgan fingerprint density at radius 2 is 1.90 bits per heavy atom. The quantitative estimate of drug-likeness (QED) is 0.633. The van der Waals surface area contributed by atoms with Crippen LogP contribution in [0.2, 0.25) is 0 Å². The topological polar surface area (TPSA) is 49.0 Å². The molecule has 1 aromatic rings. The maximum Gasteiger partial charge on any atom is 0.165 e. The van der Waals surface area contributed by atoms with E-state index in [1.807, 2.05) is 12.1 Å². The van der Waals surface area contributed by atoms with Crippen LogP contribution in [0.25, 0.3) is 0 Å². The highest BCUT2D eigenvalue weighted by Crippen LogP contribution is 2.31. The minimum absolute atomic E-state index is 0.501.